The molecule has 0 saturated carbocycles. The lowest BCUT2D eigenvalue weighted by molar-refractivity contribution is 0.307. The highest BCUT2D eigenvalue weighted by molar-refractivity contribution is 5.73. The van der Waals surface area contributed by atoms with E-state index >= 15 is 0 Å². The molecule has 0 spiro atoms. The first-order chi connectivity index (χ1) is 11.3. The van der Waals surface area contributed by atoms with Crippen molar-refractivity contribution in [2.75, 3.05) is 18.2 Å². The zero-order valence-electron chi connectivity index (χ0n) is 12.9. The van der Waals surface area contributed by atoms with Crippen LogP contribution in [0.5, 0.6) is 5.75 Å². The van der Waals surface area contributed by atoms with Gasteiger partial charge in [0.05, 0.1) is 11.4 Å². The Morgan fingerprint density at radius 2 is 2.09 bits per heavy atom. The van der Waals surface area contributed by atoms with Crippen LogP contribution < -0.4 is 15.3 Å². The van der Waals surface area contributed by atoms with Crippen molar-refractivity contribution < 1.29 is 4.74 Å². The van der Waals surface area contributed by atoms with Crippen LogP contribution in [0, 0.1) is 0 Å². The largest absolute Gasteiger partial charge is 0.489 e. The van der Waals surface area contributed by atoms with Gasteiger partial charge in [-0.05, 0) is 24.1 Å². The summed E-state index contributed by atoms with van der Waals surface area (Å²) >= 11 is 0. The van der Waals surface area contributed by atoms with E-state index in [1.54, 1.807) is 6.08 Å². The van der Waals surface area contributed by atoms with E-state index in [2.05, 4.69) is 53.7 Å². The molecule has 4 heteroatoms. The smallest absolute Gasteiger partial charge is 0.121 e. The molecule has 2 heterocycles. The second-order valence-electron chi connectivity index (χ2n) is 5.64. The van der Waals surface area contributed by atoms with Crippen LogP contribution in [0.2, 0.25) is 0 Å². The molecule has 0 bridgehead atoms. The Kier molecular flexibility index (Phi) is 3.52. The Morgan fingerprint density at radius 1 is 1.17 bits per heavy atom. The summed E-state index contributed by atoms with van der Waals surface area (Å²) in [6.45, 7) is 5.16. The zero-order valence-corrected chi connectivity index (χ0v) is 12.9. The molecule has 0 aliphatic carbocycles. The van der Waals surface area contributed by atoms with Gasteiger partial charge in [0.1, 0.15) is 12.4 Å². The lowest BCUT2D eigenvalue weighted by Crippen LogP contribution is -2.42. The summed E-state index contributed by atoms with van der Waals surface area (Å²) in [5, 5.41) is 4.23. The van der Waals surface area contributed by atoms with Crippen molar-refractivity contribution in [3.63, 3.8) is 0 Å². The summed E-state index contributed by atoms with van der Waals surface area (Å²) in [6, 6.07) is 16.6. The van der Waals surface area contributed by atoms with Gasteiger partial charge >= 0.3 is 0 Å². The molecule has 0 fully saturated rings. The first kappa shape index (κ1) is 13.9. The average Bonchev–Trinajstić information content (AvgIpc) is 3.05. The molecule has 2 aliphatic heterocycles. The Labute approximate surface area is 136 Å². The molecule has 2 aromatic rings. The van der Waals surface area contributed by atoms with E-state index in [-0.39, 0.29) is 0 Å². The van der Waals surface area contributed by atoms with Crippen LogP contribution >= 0.6 is 0 Å². The third-order valence-corrected chi connectivity index (χ3v) is 4.13. The van der Waals surface area contributed by atoms with Crippen LogP contribution in [-0.4, -0.2) is 18.2 Å². The fourth-order valence-electron chi connectivity index (χ4n) is 3.02. The van der Waals surface area contributed by atoms with E-state index in [9.17, 15) is 0 Å². The highest BCUT2D eigenvalue weighted by Gasteiger charge is 2.27. The van der Waals surface area contributed by atoms with Gasteiger partial charge < -0.3 is 4.74 Å². The highest BCUT2D eigenvalue weighted by Crippen LogP contribution is 2.33. The quantitative estimate of drug-likeness (QED) is 0.877. The van der Waals surface area contributed by atoms with E-state index in [4.69, 9.17) is 4.74 Å². The standard InChI is InChI=1S/C19H19N3O/c1-2-12-23-17-8-5-7-16(13-17)22-14-19-18-9-4-3-6-15(18)10-11-21(19)20-22/h2-9,13-14,20H,1,10-12H2. The SMILES string of the molecule is C=CCOc1cccc(N2C=C3c4ccccc4CCN3N2)c1. The van der Waals surface area contributed by atoms with Gasteiger partial charge in [-0.2, -0.15) is 0 Å². The van der Waals surface area contributed by atoms with Gasteiger partial charge in [-0.15, -0.1) is 5.53 Å². The number of fused-ring (bicyclic) bond motifs is 3. The molecule has 0 aromatic heterocycles. The molecule has 0 saturated heterocycles. The van der Waals surface area contributed by atoms with Crippen LogP contribution in [0.1, 0.15) is 11.1 Å². The Balaban J connectivity index is 1.63. The van der Waals surface area contributed by atoms with Gasteiger partial charge in [0, 0.05) is 24.4 Å². The second kappa shape index (κ2) is 5.82. The number of hydrogen-bond acceptors (Lipinski definition) is 4. The zero-order chi connectivity index (χ0) is 15.6. The van der Waals surface area contributed by atoms with Crippen LogP contribution in [0.15, 0.2) is 67.4 Å². The van der Waals surface area contributed by atoms with Crippen LogP contribution in [-0.2, 0) is 6.42 Å². The van der Waals surface area contributed by atoms with Crippen LogP contribution in [0.4, 0.5) is 5.69 Å². The van der Waals surface area contributed by atoms with Crippen molar-refractivity contribution in [2.45, 2.75) is 6.42 Å². The molecule has 1 N–H and O–H groups in total. The minimum Gasteiger partial charge on any atom is -0.489 e. The number of nitrogens with one attached hydrogen (secondary N) is 1. The second-order valence-corrected chi connectivity index (χ2v) is 5.64. The number of hydrazine groups is 2. The van der Waals surface area contributed by atoms with Gasteiger partial charge in [-0.3, -0.25) is 10.0 Å². The molecule has 2 aromatic carbocycles. The minimum atomic E-state index is 0.511. The number of nitrogens with zero attached hydrogens (tertiary/aromatic N) is 2. The molecule has 116 valence electrons. The molecular weight excluding hydrogens is 286 g/mol. The van der Waals surface area contributed by atoms with Gasteiger partial charge in [0.2, 0.25) is 0 Å². The average molecular weight is 305 g/mol. The van der Waals surface area contributed by atoms with Gasteiger partial charge in [-0.1, -0.05) is 43.0 Å². The fourth-order valence-corrected chi connectivity index (χ4v) is 3.02. The Bertz CT molecular complexity index is 769. The molecule has 0 unspecified atom stereocenters. The van der Waals surface area contributed by atoms with Crippen molar-refractivity contribution in [1.82, 2.24) is 10.5 Å². The third kappa shape index (κ3) is 2.58. The maximum atomic E-state index is 5.62. The molecule has 4 rings (SSSR count). The molecular formula is C19H19N3O. The summed E-state index contributed by atoms with van der Waals surface area (Å²) in [5.74, 6) is 0.841. The van der Waals surface area contributed by atoms with E-state index in [1.807, 2.05) is 23.2 Å². The molecule has 0 amide bonds. The van der Waals surface area contributed by atoms with Crippen LogP contribution in [0.25, 0.3) is 5.70 Å². The van der Waals surface area contributed by atoms with E-state index in [1.165, 1.54) is 16.8 Å². The molecule has 0 radical (unpaired) electrons. The summed E-state index contributed by atoms with van der Waals surface area (Å²) in [7, 11) is 0. The number of hydrogen-bond donors (Lipinski definition) is 1. The third-order valence-electron chi connectivity index (χ3n) is 4.13. The minimum absolute atomic E-state index is 0.511. The predicted molar refractivity (Wildman–Crippen MR) is 92.6 cm³/mol. The fraction of sp³-hybridized carbons (Fsp3) is 0.158. The normalized spacial score (nSPS) is 15.7. The summed E-state index contributed by atoms with van der Waals surface area (Å²) in [5.41, 5.74) is 8.39. The first-order valence-electron chi connectivity index (χ1n) is 7.82. The van der Waals surface area contributed by atoms with Crippen molar-refractivity contribution >= 4 is 11.4 Å². The van der Waals surface area contributed by atoms with Gasteiger partial charge in [-0.25, -0.2) is 0 Å². The van der Waals surface area contributed by atoms with Gasteiger partial charge in [0.25, 0.3) is 0 Å². The predicted octanol–water partition coefficient (Wildman–Crippen LogP) is 3.35. The van der Waals surface area contributed by atoms with Gasteiger partial charge in [0.15, 0.2) is 0 Å². The van der Waals surface area contributed by atoms with Crippen molar-refractivity contribution in [2.24, 2.45) is 0 Å². The number of ether oxygens (including phenoxy) is 1. The first-order valence-corrected chi connectivity index (χ1v) is 7.82. The lowest BCUT2D eigenvalue weighted by Gasteiger charge is -2.29. The summed E-state index contributed by atoms with van der Waals surface area (Å²) in [4.78, 5) is 0. The van der Waals surface area contributed by atoms with Crippen molar-refractivity contribution in [1.29, 1.82) is 0 Å². The molecule has 0 atom stereocenters. The summed E-state index contributed by atoms with van der Waals surface area (Å²) < 4.78 is 5.62. The number of anilines is 1. The number of rotatable bonds is 4. The van der Waals surface area contributed by atoms with Crippen molar-refractivity contribution in [3.8, 4) is 5.75 Å². The molecule has 2 aliphatic rings. The maximum Gasteiger partial charge on any atom is 0.121 e. The number of benzene rings is 2. The van der Waals surface area contributed by atoms with Crippen LogP contribution in [0.3, 0.4) is 0 Å². The summed E-state index contributed by atoms with van der Waals surface area (Å²) in [6.07, 6.45) is 4.95. The highest BCUT2D eigenvalue weighted by atomic mass is 16.5. The van der Waals surface area contributed by atoms with Crippen molar-refractivity contribution in [3.05, 3.63) is 78.5 Å². The molecule has 23 heavy (non-hydrogen) atoms. The monoisotopic (exact) mass is 305 g/mol. The van der Waals surface area contributed by atoms with E-state index in [0.29, 0.717) is 6.61 Å². The topological polar surface area (TPSA) is 27.7 Å². The lowest BCUT2D eigenvalue weighted by atomic mass is 9.98. The molecule has 4 nitrogen and oxygen atoms in total. The van der Waals surface area contributed by atoms with E-state index < -0.39 is 0 Å². The van der Waals surface area contributed by atoms with E-state index in [0.717, 1.165) is 24.4 Å². The Morgan fingerprint density at radius 3 is 3.00 bits per heavy atom. The Hall–Kier alpha value is -2.72. The maximum absolute atomic E-state index is 5.62.